The van der Waals surface area contributed by atoms with Crippen LogP contribution in [-0.2, 0) is 15.8 Å². The number of nitrogen functional groups attached to an aromatic ring is 1. The average Bonchev–Trinajstić information content (AvgIpc) is 3.10. The van der Waals surface area contributed by atoms with E-state index in [1.165, 1.54) is 16.8 Å². The molecule has 1 aliphatic rings. The van der Waals surface area contributed by atoms with Crippen LogP contribution in [0.5, 0.6) is 5.75 Å². The maximum atomic E-state index is 13.8. The number of nitrogens with one attached hydrogen (secondary N) is 3. The van der Waals surface area contributed by atoms with Crippen molar-refractivity contribution in [3.8, 4) is 5.75 Å². The van der Waals surface area contributed by atoms with Crippen LogP contribution >= 0.6 is 0 Å². The minimum absolute atomic E-state index is 0.00926. The van der Waals surface area contributed by atoms with E-state index in [1.54, 1.807) is 49.4 Å². The Kier molecular flexibility index (Phi) is 13.5. The Balaban J connectivity index is 1.42. The monoisotopic (exact) mass is 726 g/mol. The molecule has 12 nitrogen and oxygen atoms in total. The highest BCUT2D eigenvalue weighted by Crippen LogP contribution is 2.35. The highest BCUT2D eigenvalue weighted by Gasteiger charge is 2.35. The van der Waals surface area contributed by atoms with Crippen LogP contribution in [0.3, 0.4) is 0 Å². The molecule has 0 saturated heterocycles. The van der Waals surface area contributed by atoms with Gasteiger partial charge in [0.05, 0.1) is 47.4 Å². The number of nitrogens with zero attached hydrogens (tertiary/aromatic N) is 2. The summed E-state index contributed by atoms with van der Waals surface area (Å²) in [4.78, 5) is 55.1. The van der Waals surface area contributed by atoms with Gasteiger partial charge in [0.2, 0.25) is 11.8 Å². The van der Waals surface area contributed by atoms with Crippen molar-refractivity contribution in [2.75, 3.05) is 48.4 Å². The van der Waals surface area contributed by atoms with Gasteiger partial charge in [0.25, 0.3) is 5.91 Å². The SMILES string of the molecule is C[C@@H]1CN([C@H](C)CO)C(=O)c2cccc(NC(=O)CCCCCC(=O)Nc3ccccc3N)c2O[C@@H]1CN(C)C(=O)Nc1ccc(C(F)(F)F)cc1. The van der Waals surface area contributed by atoms with Gasteiger partial charge in [-0.05, 0) is 68.3 Å². The first-order valence-electron chi connectivity index (χ1n) is 17.0. The Labute approximate surface area is 300 Å². The number of rotatable bonds is 13. The molecule has 52 heavy (non-hydrogen) atoms. The molecule has 0 saturated carbocycles. The van der Waals surface area contributed by atoms with Crippen LogP contribution in [0.15, 0.2) is 66.7 Å². The Hall–Kier alpha value is -5.31. The zero-order valence-corrected chi connectivity index (χ0v) is 29.3. The van der Waals surface area contributed by atoms with Crippen LogP contribution < -0.4 is 26.4 Å². The number of aliphatic hydroxyl groups is 1. The number of carbonyl (C=O) groups excluding carboxylic acids is 4. The number of anilines is 4. The first kappa shape index (κ1) is 39.5. The van der Waals surface area contributed by atoms with Gasteiger partial charge < -0.3 is 41.3 Å². The molecule has 5 amide bonds. The van der Waals surface area contributed by atoms with Crippen LogP contribution in [0.25, 0.3) is 0 Å². The Bertz CT molecular complexity index is 1720. The lowest BCUT2D eigenvalue weighted by atomic mass is 9.99. The normalized spacial score (nSPS) is 16.4. The van der Waals surface area contributed by atoms with E-state index in [1.807, 2.05) is 6.92 Å². The highest BCUT2D eigenvalue weighted by atomic mass is 19.4. The lowest BCUT2D eigenvalue weighted by molar-refractivity contribution is -0.137. The summed E-state index contributed by atoms with van der Waals surface area (Å²) >= 11 is 0. The molecule has 0 spiro atoms. The van der Waals surface area contributed by atoms with Crippen LogP contribution in [0.2, 0.25) is 0 Å². The van der Waals surface area contributed by atoms with Gasteiger partial charge in [-0.25, -0.2) is 4.79 Å². The molecule has 6 N–H and O–H groups in total. The highest BCUT2D eigenvalue weighted by molar-refractivity contribution is 6.01. The van der Waals surface area contributed by atoms with E-state index in [0.29, 0.717) is 30.6 Å². The second kappa shape index (κ2) is 17.8. The van der Waals surface area contributed by atoms with Gasteiger partial charge in [-0.2, -0.15) is 13.2 Å². The number of carbonyl (C=O) groups is 4. The van der Waals surface area contributed by atoms with Gasteiger partial charge in [0, 0.05) is 38.0 Å². The minimum atomic E-state index is -4.51. The summed E-state index contributed by atoms with van der Waals surface area (Å²) in [6.07, 6.45) is -3.14. The summed E-state index contributed by atoms with van der Waals surface area (Å²) in [5.74, 6) is -1.16. The molecule has 0 aromatic heterocycles. The number of alkyl halides is 3. The molecule has 0 radical (unpaired) electrons. The van der Waals surface area contributed by atoms with E-state index in [-0.39, 0.29) is 73.0 Å². The number of nitrogens with two attached hydrogens (primary N) is 1. The number of ether oxygens (including phenoxy) is 1. The third kappa shape index (κ3) is 10.6. The number of urea groups is 1. The molecular formula is C37H45F3N6O6. The van der Waals surface area contributed by atoms with Crippen molar-refractivity contribution in [1.29, 1.82) is 0 Å². The van der Waals surface area contributed by atoms with Crippen molar-refractivity contribution in [3.05, 3.63) is 77.9 Å². The second-order valence-electron chi connectivity index (χ2n) is 12.9. The average molecular weight is 727 g/mol. The van der Waals surface area contributed by atoms with Crippen molar-refractivity contribution in [2.24, 2.45) is 5.92 Å². The third-order valence-corrected chi connectivity index (χ3v) is 8.77. The second-order valence-corrected chi connectivity index (χ2v) is 12.9. The van der Waals surface area contributed by atoms with Crippen LogP contribution in [0.1, 0.15) is 61.9 Å². The Morgan fingerprint density at radius 2 is 1.56 bits per heavy atom. The molecule has 3 aromatic carbocycles. The minimum Gasteiger partial charge on any atom is -0.485 e. The lowest BCUT2D eigenvalue weighted by Crippen LogP contribution is -2.50. The summed E-state index contributed by atoms with van der Waals surface area (Å²) in [6, 6.07) is 14.7. The number of unbranched alkanes of at least 4 members (excludes halogenated alkanes) is 2. The molecule has 280 valence electrons. The first-order valence-corrected chi connectivity index (χ1v) is 17.0. The van der Waals surface area contributed by atoms with Gasteiger partial charge >= 0.3 is 12.2 Å². The maximum Gasteiger partial charge on any atom is 0.416 e. The largest absolute Gasteiger partial charge is 0.485 e. The van der Waals surface area contributed by atoms with E-state index in [4.69, 9.17) is 10.5 Å². The van der Waals surface area contributed by atoms with Crippen LogP contribution in [-0.4, -0.2) is 77.5 Å². The quantitative estimate of drug-likeness (QED) is 0.103. The van der Waals surface area contributed by atoms with Crippen molar-refractivity contribution < 1.29 is 42.2 Å². The number of hydrogen-bond acceptors (Lipinski definition) is 7. The molecular weight excluding hydrogens is 681 g/mol. The number of likely N-dealkylation sites (N-methyl/N-ethyl adjacent to an activating group) is 1. The van der Waals surface area contributed by atoms with E-state index >= 15 is 0 Å². The third-order valence-electron chi connectivity index (χ3n) is 8.77. The molecule has 3 atom stereocenters. The van der Waals surface area contributed by atoms with Gasteiger partial charge in [0.15, 0.2) is 5.75 Å². The summed E-state index contributed by atoms with van der Waals surface area (Å²) in [5, 5.41) is 18.2. The summed E-state index contributed by atoms with van der Waals surface area (Å²) in [7, 11) is 1.50. The topological polar surface area (TPSA) is 166 Å². The van der Waals surface area contributed by atoms with E-state index < -0.39 is 35.8 Å². The number of hydrogen-bond donors (Lipinski definition) is 5. The summed E-state index contributed by atoms with van der Waals surface area (Å²) in [5.41, 5.74) is 6.63. The molecule has 0 aliphatic carbocycles. The zero-order valence-electron chi connectivity index (χ0n) is 29.3. The number of benzene rings is 3. The molecule has 4 rings (SSSR count). The summed E-state index contributed by atoms with van der Waals surface area (Å²) in [6.45, 7) is 3.44. The van der Waals surface area contributed by atoms with Gasteiger partial charge in [-0.3, -0.25) is 14.4 Å². The number of aliphatic hydroxyl groups excluding tert-OH is 1. The number of amides is 5. The smallest absolute Gasteiger partial charge is 0.416 e. The van der Waals surface area contributed by atoms with Gasteiger partial charge in [-0.15, -0.1) is 0 Å². The predicted molar refractivity (Wildman–Crippen MR) is 192 cm³/mol. The van der Waals surface area contributed by atoms with Crippen molar-refractivity contribution >= 4 is 46.5 Å². The molecule has 3 aromatic rings. The van der Waals surface area contributed by atoms with Crippen molar-refractivity contribution in [1.82, 2.24) is 9.80 Å². The maximum absolute atomic E-state index is 13.8. The number of halogens is 3. The zero-order chi connectivity index (χ0) is 38.0. The molecule has 0 bridgehead atoms. The van der Waals surface area contributed by atoms with Crippen LogP contribution in [0.4, 0.5) is 40.7 Å². The van der Waals surface area contributed by atoms with Crippen molar-refractivity contribution in [3.63, 3.8) is 0 Å². The fourth-order valence-corrected chi connectivity index (χ4v) is 5.66. The molecule has 0 unspecified atom stereocenters. The van der Waals surface area contributed by atoms with Crippen LogP contribution in [0, 0.1) is 5.92 Å². The Morgan fingerprint density at radius 3 is 2.17 bits per heavy atom. The number of fused-ring (bicyclic) bond motifs is 1. The molecule has 1 aliphatic heterocycles. The fourth-order valence-electron chi connectivity index (χ4n) is 5.66. The van der Waals surface area contributed by atoms with Gasteiger partial charge in [-0.1, -0.05) is 31.5 Å². The standard InChI is InChI=1S/C37H45F3N6O6/c1-23-20-46(24(2)22-47)35(50)27-10-9-13-30(44-33(49)15-6-4-5-14-32(48)43-29-12-8-7-11-28(29)41)34(27)52-31(23)21-45(3)36(51)42-26-18-16-25(17-19-26)37(38,39)40/h7-13,16-19,23-24,31,47H,4-6,14-15,20-22,41H2,1-3H3,(H,42,51)(H,43,48)(H,44,49)/t23-,24-,31-/m1/s1. The molecule has 15 heteroatoms. The first-order chi connectivity index (χ1) is 24.7. The predicted octanol–water partition coefficient (Wildman–Crippen LogP) is 6.20. The summed E-state index contributed by atoms with van der Waals surface area (Å²) < 4.78 is 45.4. The lowest BCUT2D eigenvalue weighted by Gasteiger charge is -2.38. The fraction of sp³-hybridized carbons (Fsp3) is 0.405. The van der Waals surface area contributed by atoms with E-state index in [9.17, 15) is 37.5 Å². The van der Waals surface area contributed by atoms with E-state index in [0.717, 1.165) is 24.3 Å². The molecule has 1 heterocycles. The van der Waals surface area contributed by atoms with Gasteiger partial charge in [0.1, 0.15) is 6.10 Å². The molecule has 0 fully saturated rings. The van der Waals surface area contributed by atoms with Crippen molar-refractivity contribution in [2.45, 2.75) is 64.3 Å². The Morgan fingerprint density at radius 1 is 0.942 bits per heavy atom. The number of para-hydroxylation sites is 3. The van der Waals surface area contributed by atoms with E-state index in [2.05, 4.69) is 16.0 Å².